The quantitative estimate of drug-likeness (QED) is 0.801. The van der Waals surface area contributed by atoms with Gasteiger partial charge in [0.05, 0.1) is 7.11 Å². The predicted octanol–water partition coefficient (Wildman–Crippen LogP) is 3.34. The number of piperazine rings is 1. The molecule has 0 radical (unpaired) electrons. The zero-order valence-electron chi connectivity index (χ0n) is 15.2. The number of carbonyl (C=O) groups excluding carboxylic acids is 1. The first-order valence-electron chi connectivity index (χ1n) is 8.79. The molecule has 0 N–H and O–H groups in total. The van der Waals surface area contributed by atoms with Crippen molar-refractivity contribution in [3.8, 4) is 0 Å². The number of aryl methyl sites for hydroxylation is 2. The van der Waals surface area contributed by atoms with E-state index in [1.165, 1.54) is 23.9 Å². The molecule has 1 atom stereocenters. The summed E-state index contributed by atoms with van der Waals surface area (Å²) in [5.41, 5.74) is 4.87. The summed E-state index contributed by atoms with van der Waals surface area (Å²) in [4.78, 5) is 17.0. The number of benzene rings is 2. The Morgan fingerprint density at radius 1 is 1.00 bits per heavy atom. The highest BCUT2D eigenvalue weighted by Gasteiger charge is 2.31. The van der Waals surface area contributed by atoms with Crippen LogP contribution in [0.3, 0.4) is 0 Å². The lowest BCUT2D eigenvalue weighted by molar-refractivity contribution is -0.147. The maximum atomic E-state index is 12.4. The van der Waals surface area contributed by atoms with Gasteiger partial charge in [-0.05, 0) is 36.6 Å². The molecular formula is C21H26N2O2. The molecule has 1 aliphatic rings. The Labute approximate surface area is 150 Å². The number of carbonyl (C=O) groups is 1. The SMILES string of the molecule is COC(=O)C(c1ccccc1)N1CCN(c2cc(C)ccc2C)CC1. The Hall–Kier alpha value is -2.33. The zero-order valence-corrected chi connectivity index (χ0v) is 15.2. The molecule has 1 aliphatic heterocycles. The summed E-state index contributed by atoms with van der Waals surface area (Å²) in [6.45, 7) is 7.77. The highest BCUT2D eigenvalue weighted by Crippen LogP contribution is 2.27. The van der Waals surface area contributed by atoms with Gasteiger partial charge in [0.15, 0.2) is 0 Å². The van der Waals surface area contributed by atoms with Crippen LogP contribution in [0.25, 0.3) is 0 Å². The molecule has 0 spiro atoms. The predicted molar refractivity (Wildman–Crippen MR) is 101 cm³/mol. The fourth-order valence-electron chi connectivity index (χ4n) is 3.52. The van der Waals surface area contributed by atoms with E-state index in [0.29, 0.717) is 0 Å². The van der Waals surface area contributed by atoms with Crippen molar-refractivity contribution in [2.24, 2.45) is 0 Å². The van der Waals surface area contributed by atoms with Crippen LogP contribution in [0.15, 0.2) is 48.5 Å². The molecule has 2 aromatic carbocycles. The van der Waals surface area contributed by atoms with Crippen molar-refractivity contribution in [3.05, 3.63) is 65.2 Å². The number of methoxy groups -OCH3 is 1. The Morgan fingerprint density at radius 3 is 2.32 bits per heavy atom. The van der Waals surface area contributed by atoms with E-state index >= 15 is 0 Å². The third kappa shape index (κ3) is 3.85. The molecule has 0 bridgehead atoms. The van der Waals surface area contributed by atoms with E-state index < -0.39 is 0 Å². The molecule has 25 heavy (non-hydrogen) atoms. The number of ether oxygens (including phenoxy) is 1. The Bertz CT molecular complexity index is 722. The topological polar surface area (TPSA) is 32.8 Å². The number of esters is 1. The zero-order chi connectivity index (χ0) is 17.8. The number of hydrogen-bond donors (Lipinski definition) is 0. The average molecular weight is 338 g/mol. The lowest BCUT2D eigenvalue weighted by Crippen LogP contribution is -2.49. The van der Waals surface area contributed by atoms with Crippen LogP contribution >= 0.6 is 0 Å². The van der Waals surface area contributed by atoms with Gasteiger partial charge in [-0.3, -0.25) is 4.90 Å². The standard InChI is InChI=1S/C21H26N2O2/c1-16-9-10-17(2)19(15-16)22-11-13-23(14-12-22)20(21(24)25-3)18-7-5-4-6-8-18/h4-10,15,20H,11-14H2,1-3H3. The smallest absolute Gasteiger partial charge is 0.327 e. The van der Waals surface area contributed by atoms with Crippen molar-refractivity contribution in [2.75, 3.05) is 38.2 Å². The summed E-state index contributed by atoms with van der Waals surface area (Å²) < 4.78 is 5.07. The first-order valence-corrected chi connectivity index (χ1v) is 8.79. The van der Waals surface area contributed by atoms with Crippen LogP contribution in [-0.4, -0.2) is 44.2 Å². The molecular weight excluding hydrogens is 312 g/mol. The van der Waals surface area contributed by atoms with Crippen molar-refractivity contribution < 1.29 is 9.53 Å². The van der Waals surface area contributed by atoms with E-state index in [-0.39, 0.29) is 12.0 Å². The van der Waals surface area contributed by atoms with Crippen LogP contribution in [0.2, 0.25) is 0 Å². The van der Waals surface area contributed by atoms with Gasteiger partial charge >= 0.3 is 5.97 Å². The van der Waals surface area contributed by atoms with Gasteiger partial charge in [0.25, 0.3) is 0 Å². The van der Waals surface area contributed by atoms with Gasteiger partial charge in [-0.15, -0.1) is 0 Å². The van der Waals surface area contributed by atoms with Crippen molar-refractivity contribution >= 4 is 11.7 Å². The molecule has 1 unspecified atom stereocenters. The molecule has 0 aliphatic carbocycles. The monoisotopic (exact) mass is 338 g/mol. The van der Waals surface area contributed by atoms with E-state index in [1.807, 2.05) is 30.3 Å². The van der Waals surface area contributed by atoms with Crippen LogP contribution in [-0.2, 0) is 9.53 Å². The minimum absolute atomic E-state index is 0.189. The fraction of sp³-hybridized carbons (Fsp3) is 0.381. The first-order chi connectivity index (χ1) is 12.1. The summed E-state index contributed by atoms with van der Waals surface area (Å²) in [5.74, 6) is -0.189. The van der Waals surface area contributed by atoms with E-state index in [9.17, 15) is 4.79 Å². The largest absolute Gasteiger partial charge is 0.468 e. The fourth-order valence-corrected chi connectivity index (χ4v) is 3.52. The van der Waals surface area contributed by atoms with Gasteiger partial charge < -0.3 is 9.64 Å². The highest BCUT2D eigenvalue weighted by molar-refractivity contribution is 5.77. The second kappa shape index (κ2) is 7.70. The van der Waals surface area contributed by atoms with Crippen LogP contribution < -0.4 is 4.90 Å². The maximum Gasteiger partial charge on any atom is 0.327 e. The van der Waals surface area contributed by atoms with E-state index in [2.05, 4.69) is 41.8 Å². The van der Waals surface area contributed by atoms with Crippen LogP contribution in [0.4, 0.5) is 5.69 Å². The molecule has 0 saturated carbocycles. The molecule has 3 rings (SSSR count). The summed E-state index contributed by atoms with van der Waals surface area (Å²) in [6.07, 6.45) is 0. The molecule has 4 heteroatoms. The second-order valence-electron chi connectivity index (χ2n) is 6.65. The molecule has 1 fully saturated rings. The molecule has 0 amide bonds. The van der Waals surface area contributed by atoms with Crippen molar-refractivity contribution in [3.63, 3.8) is 0 Å². The van der Waals surface area contributed by atoms with Crippen LogP contribution in [0, 0.1) is 13.8 Å². The number of anilines is 1. The Kier molecular flexibility index (Phi) is 5.39. The summed E-state index contributed by atoms with van der Waals surface area (Å²) in [7, 11) is 1.46. The molecule has 132 valence electrons. The molecule has 1 saturated heterocycles. The van der Waals surface area contributed by atoms with Gasteiger partial charge in [-0.1, -0.05) is 42.5 Å². The first kappa shape index (κ1) is 17.5. The minimum Gasteiger partial charge on any atom is -0.468 e. The van der Waals surface area contributed by atoms with E-state index in [4.69, 9.17) is 4.74 Å². The lowest BCUT2D eigenvalue weighted by atomic mass is 10.0. The van der Waals surface area contributed by atoms with Crippen molar-refractivity contribution in [1.82, 2.24) is 4.90 Å². The van der Waals surface area contributed by atoms with Crippen molar-refractivity contribution in [2.45, 2.75) is 19.9 Å². The van der Waals surface area contributed by atoms with Gasteiger partial charge in [-0.2, -0.15) is 0 Å². The van der Waals surface area contributed by atoms with E-state index in [0.717, 1.165) is 31.7 Å². The van der Waals surface area contributed by atoms with Gasteiger partial charge in [0, 0.05) is 31.9 Å². The summed E-state index contributed by atoms with van der Waals surface area (Å²) in [6, 6.07) is 16.2. The number of rotatable bonds is 4. The van der Waals surface area contributed by atoms with Crippen LogP contribution in [0.1, 0.15) is 22.7 Å². The maximum absolute atomic E-state index is 12.4. The number of hydrogen-bond acceptors (Lipinski definition) is 4. The Balaban J connectivity index is 1.75. The summed E-state index contributed by atoms with van der Waals surface area (Å²) in [5, 5.41) is 0. The average Bonchev–Trinajstić information content (AvgIpc) is 2.65. The second-order valence-corrected chi connectivity index (χ2v) is 6.65. The molecule has 0 aromatic heterocycles. The third-order valence-corrected chi connectivity index (χ3v) is 4.92. The van der Waals surface area contributed by atoms with Gasteiger partial charge in [0.1, 0.15) is 6.04 Å². The summed E-state index contributed by atoms with van der Waals surface area (Å²) >= 11 is 0. The lowest BCUT2D eigenvalue weighted by Gasteiger charge is -2.39. The van der Waals surface area contributed by atoms with Crippen molar-refractivity contribution in [1.29, 1.82) is 0 Å². The highest BCUT2D eigenvalue weighted by atomic mass is 16.5. The minimum atomic E-state index is -0.327. The van der Waals surface area contributed by atoms with Gasteiger partial charge in [0.2, 0.25) is 0 Å². The molecule has 4 nitrogen and oxygen atoms in total. The molecule has 2 aromatic rings. The molecule has 1 heterocycles. The third-order valence-electron chi connectivity index (χ3n) is 4.92. The number of nitrogens with zero attached hydrogens (tertiary/aromatic N) is 2. The van der Waals surface area contributed by atoms with E-state index in [1.54, 1.807) is 0 Å². The Morgan fingerprint density at radius 2 is 1.68 bits per heavy atom. The normalized spacial score (nSPS) is 16.5. The van der Waals surface area contributed by atoms with Crippen LogP contribution in [0.5, 0.6) is 0 Å². The van der Waals surface area contributed by atoms with Gasteiger partial charge in [-0.25, -0.2) is 4.79 Å².